The number of hydrazine groups is 1. The minimum absolute atomic E-state index is 0.916. The quantitative estimate of drug-likeness (QED) is 0.818. The van der Waals surface area contributed by atoms with Gasteiger partial charge in [-0.05, 0) is 20.0 Å². The fraction of sp³-hybridized carbons (Fsp3) is 0.583. The van der Waals surface area contributed by atoms with Crippen LogP contribution in [0.15, 0.2) is 18.5 Å². The monoisotopic (exact) mass is 235 g/mol. The van der Waals surface area contributed by atoms with E-state index >= 15 is 0 Å². The second-order valence-corrected chi connectivity index (χ2v) is 4.39. The summed E-state index contributed by atoms with van der Waals surface area (Å²) in [4.78, 5) is 6.56. The Morgan fingerprint density at radius 3 is 2.59 bits per heavy atom. The summed E-state index contributed by atoms with van der Waals surface area (Å²) < 4.78 is 0. The number of likely N-dealkylation sites (N-methyl/N-ethyl adjacent to an activating group) is 1. The van der Waals surface area contributed by atoms with Crippen LogP contribution in [0.3, 0.4) is 0 Å². The van der Waals surface area contributed by atoms with E-state index in [9.17, 15) is 0 Å². The number of hydrogen-bond acceptors (Lipinski definition) is 5. The number of aromatic nitrogens is 1. The van der Waals surface area contributed by atoms with E-state index in [1.807, 2.05) is 12.4 Å². The van der Waals surface area contributed by atoms with Gasteiger partial charge in [-0.25, -0.2) is 5.01 Å². The fourth-order valence-corrected chi connectivity index (χ4v) is 1.90. The maximum atomic E-state index is 4.22. The number of nitrogens with zero attached hydrogens (tertiary/aromatic N) is 3. The van der Waals surface area contributed by atoms with Gasteiger partial charge in [-0.3, -0.25) is 4.98 Å². The average molecular weight is 235 g/mol. The molecule has 5 nitrogen and oxygen atoms in total. The summed E-state index contributed by atoms with van der Waals surface area (Å²) in [5.74, 6) is 0. The highest BCUT2D eigenvalue weighted by Gasteiger charge is 2.13. The normalized spacial score (nSPS) is 18.0. The van der Waals surface area contributed by atoms with E-state index in [4.69, 9.17) is 0 Å². The molecule has 0 radical (unpaired) electrons. The Balaban J connectivity index is 1.91. The van der Waals surface area contributed by atoms with Gasteiger partial charge < -0.3 is 15.6 Å². The summed E-state index contributed by atoms with van der Waals surface area (Å²) >= 11 is 0. The van der Waals surface area contributed by atoms with Crippen LogP contribution in [0.2, 0.25) is 0 Å². The largest absolute Gasteiger partial charge is 0.384 e. The Bertz CT molecular complexity index is 347. The number of pyridine rings is 1. The number of anilines is 2. The molecule has 2 N–H and O–H groups in total. The van der Waals surface area contributed by atoms with Gasteiger partial charge in [0.05, 0.1) is 23.8 Å². The van der Waals surface area contributed by atoms with E-state index in [1.165, 1.54) is 0 Å². The predicted molar refractivity (Wildman–Crippen MR) is 71.1 cm³/mol. The Morgan fingerprint density at radius 1 is 1.18 bits per heavy atom. The van der Waals surface area contributed by atoms with Crippen LogP contribution in [0.5, 0.6) is 0 Å². The van der Waals surface area contributed by atoms with Gasteiger partial charge in [0.1, 0.15) is 0 Å². The molecule has 2 heterocycles. The lowest BCUT2D eigenvalue weighted by Gasteiger charge is -2.33. The lowest BCUT2D eigenvalue weighted by atomic mass is 10.3. The zero-order chi connectivity index (χ0) is 12.1. The molecule has 1 saturated heterocycles. The van der Waals surface area contributed by atoms with Crippen molar-refractivity contribution in [1.82, 2.24) is 14.9 Å². The summed E-state index contributed by atoms with van der Waals surface area (Å²) in [7, 11) is 2.16. The summed E-state index contributed by atoms with van der Waals surface area (Å²) in [5, 5.41) is 5.51. The third-order valence-electron chi connectivity index (χ3n) is 2.91. The van der Waals surface area contributed by atoms with Crippen molar-refractivity contribution in [1.29, 1.82) is 0 Å². The Kier molecular flexibility index (Phi) is 4.17. The molecule has 1 aliphatic rings. The minimum atomic E-state index is 0.916. The number of rotatable bonds is 4. The molecule has 0 aromatic carbocycles. The standard InChI is InChI=1S/C12H21N5/c1-3-14-11-8-12(10-13-9-11)15-17-6-4-16(2)5-7-17/h8-10,14-15H,3-7H2,1-2H3. The summed E-state index contributed by atoms with van der Waals surface area (Å²) in [5.41, 5.74) is 5.52. The highest BCUT2D eigenvalue weighted by Crippen LogP contribution is 2.14. The van der Waals surface area contributed by atoms with Crippen molar-refractivity contribution in [3.63, 3.8) is 0 Å². The molecule has 0 aliphatic carbocycles. The van der Waals surface area contributed by atoms with Crippen LogP contribution in [0, 0.1) is 0 Å². The molecule has 2 rings (SSSR count). The highest BCUT2D eigenvalue weighted by molar-refractivity contribution is 5.53. The molecule has 0 unspecified atom stereocenters. The number of nitrogens with one attached hydrogen (secondary N) is 2. The Hall–Kier alpha value is -1.33. The molecule has 1 aromatic rings. The summed E-state index contributed by atoms with van der Waals surface area (Å²) in [6, 6.07) is 2.09. The van der Waals surface area contributed by atoms with Crippen LogP contribution in [0.1, 0.15) is 6.92 Å². The van der Waals surface area contributed by atoms with Gasteiger partial charge in [0, 0.05) is 32.7 Å². The molecule has 94 valence electrons. The first-order chi connectivity index (χ1) is 8.28. The van der Waals surface area contributed by atoms with E-state index in [2.05, 4.69) is 45.7 Å². The topological polar surface area (TPSA) is 43.4 Å². The fourth-order valence-electron chi connectivity index (χ4n) is 1.90. The average Bonchev–Trinajstić information content (AvgIpc) is 2.33. The molecule has 5 heteroatoms. The molecule has 0 atom stereocenters. The molecule has 0 saturated carbocycles. The molecule has 1 aromatic heterocycles. The SMILES string of the molecule is CCNc1cncc(NN2CCN(C)CC2)c1. The van der Waals surface area contributed by atoms with E-state index in [1.54, 1.807) is 0 Å². The maximum Gasteiger partial charge on any atom is 0.0694 e. The van der Waals surface area contributed by atoms with Crippen LogP contribution in [-0.4, -0.2) is 54.7 Å². The Morgan fingerprint density at radius 2 is 1.88 bits per heavy atom. The van der Waals surface area contributed by atoms with Crippen LogP contribution in [0.25, 0.3) is 0 Å². The van der Waals surface area contributed by atoms with Crippen molar-refractivity contribution in [3.05, 3.63) is 18.5 Å². The number of hydrogen-bond donors (Lipinski definition) is 2. The van der Waals surface area contributed by atoms with Crippen molar-refractivity contribution >= 4 is 11.4 Å². The predicted octanol–water partition coefficient (Wildman–Crippen LogP) is 1.09. The maximum absolute atomic E-state index is 4.22. The molecule has 0 bridgehead atoms. The smallest absolute Gasteiger partial charge is 0.0694 e. The second-order valence-electron chi connectivity index (χ2n) is 4.39. The third kappa shape index (κ3) is 3.57. The zero-order valence-electron chi connectivity index (χ0n) is 10.6. The lowest BCUT2D eigenvalue weighted by molar-refractivity contribution is 0.179. The summed E-state index contributed by atoms with van der Waals surface area (Å²) in [6.07, 6.45) is 3.71. The van der Waals surface area contributed by atoms with Crippen LogP contribution in [-0.2, 0) is 0 Å². The van der Waals surface area contributed by atoms with Gasteiger partial charge in [0.15, 0.2) is 0 Å². The van der Waals surface area contributed by atoms with E-state index < -0.39 is 0 Å². The van der Waals surface area contributed by atoms with Crippen molar-refractivity contribution in [3.8, 4) is 0 Å². The summed E-state index contributed by atoms with van der Waals surface area (Å²) in [6.45, 7) is 7.30. The van der Waals surface area contributed by atoms with E-state index in [0.29, 0.717) is 0 Å². The molecule has 17 heavy (non-hydrogen) atoms. The van der Waals surface area contributed by atoms with Gasteiger partial charge in [-0.1, -0.05) is 0 Å². The number of piperazine rings is 1. The first-order valence-corrected chi connectivity index (χ1v) is 6.17. The molecule has 1 fully saturated rings. The molecule has 1 aliphatic heterocycles. The van der Waals surface area contributed by atoms with Gasteiger partial charge in [0.2, 0.25) is 0 Å². The third-order valence-corrected chi connectivity index (χ3v) is 2.91. The van der Waals surface area contributed by atoms with Crippen molar-refractivity contribution in [2.45, 2.75) is 6.92 Å². The first-order valence-electron chi connectivity index (χ1n) is 6.17. The zero-order valence-corrected chi connectivity index (χ0v) is 10.6. The molecular formula is C12H21N5. The van der Waals surface area contributed by atoms with Gasteiger partial charge in [-0.15, -0.1) is 0 Å². The Labute approximate surface area is 103 Å². The second kappa shape index (κ2) is 5.84. The van der Waals surface area contributed by atoms with Gasteiger partial charge in [0.25, 0.3) is 0 Å². The molecule has 0 amide bonds. The van der Waals surface area contributed by atoms with Crippen molar-refractivity contribution in [2.75, 3.05) is 50.5 Å². The molecule has 0 spiro atoms. The lowest BCUT2D eigenvalue weighted by Crippen LogP contribution is -2.46. The molecular weight excluding hydrogens is 214 g/mol. The minimum Gasteiger partial charge on any atom is -0.384 e. The van der Waals surface area contributed by atoms with Crippen LogP contribution in [0.4, 0.5) is 11.4 Å². The van der Waals surface area contributed by atoms with E-state index in [-0.39, 0.29) is 0 Å². The van der Waals surface area contributed by atoms with Crippen LogP contribution >= 0.6 is 0 Å². The van der Waals surface area contributed by atoms with Crippen LogP contribution < -0.4 is 10.7 Å². The first kappa shape index (κ1) is 12.1. The van der Waals surface area contributed by atoms with E-state index in [0.717, 1.165) is 44.1 Å². The van der Waals surface area contributed by atoms with Gasteiger partial charge >= 0.3 is 0 Å². The van der Waals surface area contributed by atoms with Crippen molar-refractivity contribution < 1.29 is 0 Å². The van der Waals surface area contributed by atoms with Crippen molar-refractivity contribution in [2.24, 2.45) is 0 Å². The van der Waals surface area contributed by atoms with Gasteiger partial charge in [-0.2, -0.15) is 0 Å². The highest BCUT2D eigenvalue weighted by atomic mass is 15.5.